The second kappa shape index (κ2) is 5.25. The van der Waals surface area contributed by atoms with Crippen LogP contribution in [0.3, 0.4) is 0 Å². The highest BCUT2D eigenvalue weighted by Crippen LogP contribution is 2.30. The molecule has 0 saturated heterocycles. The second-order valence-electron chi connectivity index (χ2n) is 4.03. The number of rotatable bonds is 4. The Morgan fingerprint density at radius 3 is 2.41 bits per heavy atom. The maximum absolute atomic E-state index is 12.0. The summed E-state index contributed by atoms with van der Waals surface area (Å²) >= 11 is 5.93. The molecule has 0 aliphatic carbocycles. The largest absolute Gasteiger partial charge is 0.495 e. The fourth-order valence-corrected chi connectivity index (χ4v) is 3.27. The van der Waals surface area contributed by atoms with E-state index >= 15 is 0 Å². The zero-order chi connectivity index (χ0) is 13.2. The summed E-state index contributed by atoms with van der Waals surface area (Å²) in [6, 6.07) is 2.85. The van der Waals surface area contributed by atoms with Crippen molar-refractivity contribution in [1.29, 1.82) is 0 Å². The van der Waals surface area contributed by atoms with Crippen molar-refractivity contribution in [3.63, 3.8) is 0 Å². The van der Waals surface area contributed by atoms with Gasteiger partial charge in [0.25, 0.3) is 0 Å². The van der Waals surface area contributed by atoms with Crippen LogP contribution in [0, 0.1) is 6.92 Å². The zero-order valence-corrected chi connectivity index (χ0v) is 11.8. The Morgan fingerprint density at radius 2 is 1.94 bits per heavy atom. The summed E-state index contributed by atoms with van der Waals surface area (Å²) in [6.07, 6.45) is 0. The van der Waals surface area contributed by atoms with Crippen LogP contribution in [0.1, 0.15) is 19.4 Å². The SMILES string of the molecule is COc1cc(C)c(S(=O)(=O)NC(C)C)cc1Cl. The van der Waals surface area contributed by atoms with Crippen LogP contribution in [0.25, 0.3) is 0 Å². The van der Waals surface area contributed by atoms with Crippen molar-refractivity contribution in [2.24, 2.45) is 0 Å². The van der Waals surface area contributed by atoms with E-state index in [2.05, 4.69) is 4.72 Å². The van der Waals surface area contributed by atoms with E-state index in [1.54, 1.807) is 26.8 Å². The summed E-state index contributed by atoms with van der Waals surface area (Å²) in [6.45, 7) is 5.23. The van der Waals surface area contributed by atoms with Crippen LogP contribution >= 0.6 is 11.6 Å². The predicted molar refractivity (Wildman–Crippen MR) is 68.2 cm³/mol. The number of methoxy groups -OCH3 is 1. The maximum atomic E-state index is 12.0. The number of sulfonamides is 1. The molecule has 0 fully saturated rings. The Morgan fingerprint density at radius 1 is 1.35 bits per heavy atom. The van der Waals surface area contributed by atoms with Crippen LogP contribution in [0.2, 0.25) is 5.02 Å². The van der Waals surface area contributed by atoms with Crippen molar-refractivity contribution in [3.05, 3.63) is 22.7 Å². The quantitative estimate of drug-likeness (QED) is 0.919. The van der Waals surface area contributed by atoms with Crippen molar-refractivity contribution in [3.8, 4) is 5.75 Å². The van der Waals surface area contributed by atoms with Gasteiger partial charge in [0, 0.05) is 6.04 Å². The lowest BCUT2D eigenvalue weighted by Gasteiger charge is -2.13. The standard InChI is InChI=1S/C11H16ClNO3S/c1-7(2)13-17(14,15)11-6-9(12)10(16-4)5-8(11)3/h5-7,13H,1-4H3. The Balaban J connectivity index is 3.28. The molecule has 4 nitrogen and oxygen atoms in total. The highest BCUT2D eigenvalue weighted by molar-refractivity contribution is 7.89. The Labute approximate surface area is 107 Å². The van der Waals surface area contributed by atoms with E-state index in [9.17, 15) is 8.42 Å². The molecule has 0 bridgehead atoms. The summed E-state index contributed by atoms with van der Waals surface area (Å²) in [4.78, 5) is 0.178. The highest BCUT2D eigenvalue weighted by Gasteiger charge is 2.19. The van der Waals surface area contributed by atoms with Gasteiger partial charge in [-0.15, -0.1) is 0 Å². The van der Waals surface area contributed by atoms with Gasteiger partial charge < -0.3 is 4.74 Å². The van der Waals surface area contributed by atoms with Gasteiger partial charge in [-0.25, -0.2) is 13.1 Å². The van der Waals surface area contributed by atoms with Gasteiger partial charge in [0.05, 0.1) is 17.0 Å². The molecule has 17 heavy (non-hydrogen) atoms. The molecule has 0 spiro atoms. The molecule has 6 heteroatoms. The van der Waals surface area contributed by atoms with E-state index in [0.29, 0.717) is 11.3 Å². The van der Waals surface area contributed by atoms with Gasteiger partial charge in [-0.05, 0) is 38.5 Å². The third-order valence-corrected chi connectivity index (χ3v) is 4.23. The molecule has 0 saturated carbocycles. The average Bonchev–Trinajstić information content (AvgIpc) is 2.18. The van der Waals surface area contributed by atoms with Gasteiger partial charge in [0.2, 0.25) is 10.0 Å². The van der Waals surface area contributed by atoms with Crippen LogP contribution in [0.5, 0.6) is 5.75 Å². The summed E-state index contributed by atoms with van der Waals surface area (Å²) in [7, 11) is -2.04. The molecule has 0 aliphatic rings. The number of nitrogens with one attached hydrogen (secondary N) is 1. The maximum Gasteiger partial charge on any atom is 0.241 e. The molecular formula is C11H16ClNO3S. The lowest BCUT2D eigenvalue weighted by molar-refractivity contribution is 0.414. The Kier molecular flexibility index (Phi) is 4.41. The molecule has 0 heterocycles. The molecule has 0 unspecified atom stereocenters. The first-order valence-electron chi connectivity index (χ1n) is 5.14. The fraction of sp³-hybridized carbons (Fsp3) is 0.455. The molecule has 1 aromatic rings. The molecule has 1 rings (SSSR count). The smallest absolute Gasteiger partial charge is 0.241 e. The van der Waals surface area contributed by atoms with E-state index < -0.39 is 10.0 Å². The third-order valence-electron chi connectivity index (χ3n) is 2.13. The van der Waals surface area contributed by atoms with Crippen molar-refractivity contribution < 1.29 is 13.2 Å². The van der Waals surface area contributed by atoms with Crippen molar-refractivity contribution >= 4 is 21.6 Å². The number of benzene rings is 1. The molecule has 1 aromatic carbocycles. The van der Waals surface area contributed by atoms with Crippen LogP contribution < -0.4 is 9.46 Å². The van der Waals surface area contributed by atoms with Gasteiger partial charge >= 0.3 is 0 Å². The average molecular weight is 278 g/mol. The monoisotopic (exact) mass is 277 g/mol. The minimum atomic E-state index is -3.53. The van der Waals surface area contributed by atoms with Gasteiger partial charge in [0.1, 0.15) is 5.75 Å². The predicted octanol–water partition coefficient (Wildman–Crippen LogP) is 2.34. The number of hydrogen-bond donors (Lipinski definition) is 1. The minimum absolute atomic E-state index is 0.166. The van der Waals surface area contributed by atoms with Crippen LogP contribution in [0.15, 0.2) is 17.0 Å². The minimum Gasteiger partial charge on any atom is -0.495 e. The van der Waals surface area contributed by atoms with E-state index in [4.69, 9.17) is 16.3 Å². The summed E-state index contributed by atoms with van der Waals surface area (Å²) in [5.41, 5.74) is 0.597. The number of ether oxygens (including phenoxy) is 1. The molecular weight excluding hydrogens is 262 g/mol. The fourth-order valence-electron chi connectivity index (χ4n) is 1.46. The first kappa shape index (κ1) is 14.3. The van der Waals surface area contributed by atoms with E-state index in [1.807, 2.05) is 0 Å². The van der Waals surface area contributed by atoms with Crippen LogP contribution in [0.4, 0.5) is 0 Å². The van der Waals surface area contributed by atoms with Gasteiger partial charge in [-0.3, -0.25) is 0 Å². The molecule has 1 N–H and O–H groups in total. The van der Waals surface area contributed by atoms with E-state index in [1.165, 1.54) is 13.2 Å². The first-order valence-corrected chi connectivity index (χ1v) is 7.00. The normalized spacial score (nSPS) is 11.9. The lowest BCUT2D eigenvalue weighted by Crippen LogP contribution is -2.30. The third kappa shape index (κ3) is 3.34. The van der Waals surface area contributed by atoms with Crippen molar-refractivity contribution in [2.75, 3.05) is 7.11 Å². The van der Waals surface area contributed by atoms with Crippen LogP contribution in [-0.2, 0) is 10.0 Å². The van der Waals surface area contributed by atoms with E-state index in [0.717, 1.165) is 0 Å². The second-order valence-corrected chi connectivity index (χ2v) is 6.12. The molecule has 0 aliphatic heterocycles. The van der Waals surface area contributed by atoms with Crippen LogP contribution in [-0.4, -0.2) is 21.6 Å². The van der Waals surface area contributed by atoms with Crippen molar-refractivity contribution in [1.82, 2.24) is 4.72 Å². The van der Waals surface area contributed by atoms with Gasteiger partial charge in [0.15, 0.2) is 0 Å². The number of halogens is 1. The number of hydrogen-bond acceptors (Lipinski definition) is 3. The van der Waals surface area contributed by atoms with Gasteiger partial charge in [-0.2, -0.15) is 0 Å². The Bertz CT molecular complexity index is 512. The summed E-state index contributed by atoms with van der Waals surface area (Å²) < 4.78 is 31.6. The van der Waals surface area contributed by atoms with Gasteiger partial charge in [-0.1, -0.05) is 11.6 Å². The zero-order valence-electron chi connectivity index (χ0n) is 10.2. The Hall–Kier alpha value is -0.780. The lowest BCUT2D eigenvalue weighted by atomic mass is 10.2. The first-order chi connectivity index (χ1) is 7.77. The highest BCUT2D eigenvalue weighted by atomic mass is 35.5. The molecule has 0 atom stereocenters. The molecule has 0 aromatic heterocycles. The molecule has 96 valence electrons. The van der Waals surface area contributed by atoms with E-state index in [-0.39, 0.29) is 16.0 Å². The summed E-state index contributed by atoms with van der Waals surface area (Å²) in [5.74, 6) is 0.465. The molecule has 0 amide bonds. The molecule has 0 radical (unpaired) electrons. The number of aryl methyl sites for hydroxylation is 1. The topological polar surface area (TPSA) is 55.4 Å². The van der Waals surface area contributed by atoms with Crippen molar-refractivity contribution in [2.45, 2.75) is 31.7 Å². The summed E-state index contributed by atoms with van der Waals surface area (Å²) in [5, 5.41) is 0.280.